The van der Waals surface area contributed by atoms with Gasteiger partial charge in [-0.15, -0.1) is 0 Å². The summed E-state index contributed by atoms with van der Waals surface area (Å²) >= 11 is 0. The van der Waals surface area contributed by atoms with Gasteiger partial charge in [-0.25, -0.2) is 0 Å². The Labute approximate surface area is 65.3 Å². The van der Waals surface area contributed by atoms with E-state index < -0.39 is 0 Å². The van der Waals surface area contributed by atoms with Crippen LogP contribution in [0, 0.1) is 5.41 Å². The van der Waals surface area contributed by atoms with Crippen molar-refractivity contribution in [2.24, 2.45) is 5.10 Å². The Hall–Kier alpha value is -1.64. The predicted molar refractivity (Wildman–Crippen MR) is 47.3 cm³/mol. The van der Waals surface area contributed by atoms with E-state index in [0.29, 0.717) is 0 Å². The molecule has 0 aliphatic rings. The number of nitrogens with zero attached hydrogens (tertiary/aromatic N) is 1. The Morgan fingerprint density at radius 1 is 1.27 bits per heavy atom. The third-order valence-electron chi connectivity index (χ3n) is 1.12. The maximum Gasteiger partial charge on any atom is 0.0648 e. The first kappa shape index (κ1) is 7.47. The molecule has 56 valence electrons. The number of hydrazone groups is 1. The summed E-state index contributed by atoms with van der Waals surface area (Å²) in [5.41, 5.74) is 3.69. The number of hydrogen-bond acceptors (Lipinski definition) is 3. The Morgan fingerprint density at radius 2 is 2.00 bits per heavy atom. The molecule has 3 nitrogen and oxygen atoms in total. The first-order valence-corrected chi connectivity index (χ1v) is 3.26. The fourth-order valence-electron chi connectivity index (χ4n) is 0.662. The summed E-state index contributed by atoms with van der Waals surface area (Å²) in [4.78, 5) is 0. The Kier molecular flexibility index (Phi) is 2.86. The van der Waals surface area contributed by atoms with Gasteiger partial charge in [0.15, 0.2) is 0 Å². The maximum absolute atomic E-state index is 6.65. The molecule has 0 fully saturated rings. The summed E-state index contributed by atoms with van der Waals surface area (Å²) in [6.07, 6.45) is 2.50. The average molecular weight is 147 g/mol. The summed E-state index contributed by atoms with van der Waals surface area (Å²) < 4.78 is 0. The molecule has 0 saturated carbocycles. The van der Waals surface area contributed by atoms with Crippen LogP contribution in [0.5, 0.6) is 0 Å². The van der Waals surface area contributed by atoms with Crippen LogP contribution < -0.4 is 5.43 Å². The van der Waals surface area contributed by atoms with Crippen LogP contribution in [-0.2, 0) is 0 Å². The average Bonchev–Trinajstić information content (AvgIpc) is 2.07. The van der Waals surface area contributed by atoms with Crippen LogP contribution in [0.15, 0.2) is 35.4 Å². The van der Waals surface area contributed by atoms with Crippen LogP contribution in [0.25, 0.3) is 0 Å². The van der Waals surface area contributed by atoms with E-state index in [1.54, 1.807) is 0 Å². The first-order valence-electron chi connectivity index (χ1n) is 3.26. The lowest BCUT2D eigenvalue weighted by molar-refractivity contribution is 1.36. The second-order valence-electron chi connectivity index (χ2n) is 1.92. The van der Waals surface area contributed by atoms with E-state index in [-0.39, 0.29) is 0 Å². The molecule has 0 heterocycles. The molecule has 3 heteroatoms. The Morgan fingerprint density at radius 3 is 2.64 bits per heavy atom. The van der Waals surface area contributed by atoms with Gasteiger partial charge in [-0.05, 0) is 12.1 Å². The fourth-order valence-corrected chi connectivity index (χ4v) is 0.662. The van der Waals surface area contributed by atoms with Crippen molar-refractivity contribution in [3.8, 4) is 0 Å². The summed E-state index contributed by atoms with van der Waals surface area (Å²) in [6, 6.07) is 9.58. The maximum atomic E-state index is 6.65. The fraction of sp³-hybridized carbons (Fsp3) is 0. The van der Waals surface area contributed by atoms with Gasteiger partial charge >= 0.3 is 0 Å². The lowest BCUT2D eigenvalue weighted by atomic mass is 10.3. The monoisotopic (exact) mass is 147 g/mol. The zero-order valence-corrected chi connectivity index (χ0v) is 5.99. The minimum absolute atomic E-state index is 0.922. The van der Waals surface area contributed by atoms with E-state index in [9.17, 15) is 0 Å². The van der Waals surface area contributed by atoms with Gasteiger partial charge in [0.1, 0.15) is 0 Å². The summed E-state index contributed by atoms with van der Waals surface area (Å²) in [6.45, 7) is 0. The number of para-hydroxylation sites is 1. The molecule has 11 heavy (non-hydrogen) atoms. The summed E-state index contributed by atoms with van der Waals surface area (Å²) in [7, 11) is 0. The number of rotatable bonds is 3. The minimum atomic E-state index is 0.922. The van der Waals surface area contributed by atoms with Crippen LogP contribution in [0.4, 0.5) is 5.69 Å². The van der Waals surface area contributed by atoms with Crippen molar-refractivity contribution in [2.45, 2.75) is 0 Å². The second-order valence-corrected chi connectivity index (χ2v) is 1.92. The van der Waals surface area contributed by atoms with E-state index in [4.69, 9.17) is 5.41 Å². The molecule has 0 radical (unpaired) electrons. The molecule has 0 saturated heterocycles. The number of anilines is 1. The van der Waals surface area contributed by atoms with Crippen LogP contribution in [0.1, 0.15) is 0 Å². The van der Waals surface area contributed by atoms with Crippen LogP contribution in [0.2, 0.25) is 0 Å². The molecule has 0 aliphatic heterocycles. The van der Waals surface area contributed by atoms with Crippen molar-refractivity contribution < 1.29 is 0 Å². The molecule has 2 N–H and O–H groups in total. The quantitative estimate of drug-likeness (QED) is 0.496. The van der Waals surface area contributed by atoms with Crippen molar-refractivity contribution in [3.05, 3.63) is 30.3 Å². The standard InChI is InChI=1S/C8H9N3/c9-6-7-10-11-8-4-2-1-3-5-8/h1-7,9,11H. The molecule has 0 aromatic heterocycles. The molecule has 1 aromatic carbocycles. The van der Waals surface area contributed by atoms with Crippen molar-refractivity contribution in [1.29, 1.82) is 5.41 Å². The molecule has 0 atom stereocenters. The zero-order chi connectivity index (χ0) is 7.94. The number of benzene rings is 1. The second kappa shape index (κ2) is 4.22. The van der Waals surface area contributed by atoms with E-state index in [1.165, 1.54) is 6.21 Å². The molecule has 0 bridgehead atoms. The molecule has 1 aromatic rings. The van der Waals surface area contributed by atoms with Crippen molar-refractivity contribution in [1.82, 2.24) is 0 Å². The first-order chi connectivity index (χ1) is 5.43. The SMILES string of the molecule is N=CC=NNc1ccccc1. The Balaban J connectivity index is 2.51. The Bertz CT molecular complexity index is 241. The lowest BCUT2D eigenvalue weighted by Crippen LogP contribution is -1.87. The van der Waals surface area contributed by atoms with Crippen LogP contribution in [0.3, 0.4) is 0 Å². The number of hydrogen-bond donors (Lipinski definition) is 2. The summed E-state index contributed by atoms with van der Waals surface area (Å²) in [5, 5.41) is 10.4. The van der Waals surface area contributed by atoms with Gasteiger partial charge in [0.2, 0.25) is 0 Å². The number of nitrogens with one attached hydrogen (secondary N) is 2. The van der Waals surface area contributed by atoms with Crippen LogP contribution >= 0.6 is 0 Å². The molecule has 0 amide bonds. The predicted octanol–water partition coefficient (Wildman–Crippen LogP) is 1.73. The van der Waals surface area contributed by atoms with E-state index in [2.05, 4.69) is 10.5 Å². The normalized spacial score (nSPS) is 9.82. The topological polar surface area (TPSA) is 48.2 Å². The molecule has 0 aliphatic carbocycles. The van der Waals surface area contributed by atoms with Gasteiger partial charge in [-0.3, -0.25) is 5.43 Å². The third kappa shape index (κ3) is 2.62. The van der Waals surface area contributed by atoms with E-state index >= 15 is 0 Å². The molecule has 0 unspecified atom stereocenters. The highest BCUT2D eigenvalue weighted by atomic mass is 15.3. The zero-order valence-electron chi connectivity index (χ0n) is 5.99. The van der Waals surface area contributed by atoms with Gasteiger partial charge in [-0.1, -0.05) is 18.2 Å². The molecular formula is C8H9N3. The molecule has 1 rings (SSSR count). The van der Waals surface area contributed by atoms with Crippen molar-refractivity contribution >= 4 is 18.1 Å². The summed E-state index contributed by atoms with van der Waals surface area (Å²) in [5.74, 6) is 0. The van der Waals surface area contributed by atoms with Gasteiger partial charge in [0.05, 0.1) is 11.9 Å². The van der Waals surface area contributed by atoms with Gasteiger partial charge in [0.25, 0.3) is 0 Å². The smallest absolute Gasteiger partial charge is 0.0648 e. The third-order valence-corrected chi connectivity index (χ3v) is 1.12. The van der Waals surface area contributed by atoms with E-state index in [1.807, 2.05) is 30.3 Å². The van der Waals surface area contributed by atoms with Crippen molar-refractivity contribution in [3.63, 3.8) is 0 Å². The highest BCUT2D eigenvalue weighted by Crippen LogP contribution is 2.03. The highest BCUT2D eigenvalue weighted by Gasteiger charge is 1.81. The molecular weight excluding hydrogens is 138 g/mol. The van der Waals surface area contributed by atoms with Gasteiger partial charge in [0, 0.05) is 6.21 Å². The largest absolute Gasteiger partial charge is 0.307 e. The highest BCUT2D eigenvalue weighted by molar-refractivity contribution is 6.14. The van der Waals surface area contributed by atoms with Crippen LogP contribution in [-0.4, -0.2) is 12.4 Å². The molecule has 0 spiro atoms. The van der Waals surface area contributed by atoms with E-state index in [0.717, 1.165) is 11.9 Å². The van der Waals surface area contributed by atoms with Gasteiger partial charge in [-0.2, -0.15) is 5.10 Å². The lowest BCUT2D eigenvalue weighted by Gasteiger charge is -1.95. The minimum Gasteiger partial charge on any atom is -0.307 e. The van der Waals surface area contributed by atoms with Gasteiger partial charge < -0.3 is 5.41 Å². The van der Waals surface area contributed by atoms with Crippen molar-refractivity contribution in [2.75, 3.05) is 5.43 Å².